The van der Waals surface area contributed by atoms with E-state index in [2.05, 4.69) is 36.7 Å². The first-order valence-corrected chi connectivity index (χ1v) is 15.6. The molecule has 0 amide bonds. The Morgan fingerprint density at radius 2 is 1.03 bits per heavy atom. The second kappa shape index (κ2) is 12.4. The van der Waals surface area contributed by atoms with Gasteiger partial charge in [-0.1, -0.05) is 87.9 Å². The molecule has 4 rings (SSSR count). The highest BCUT2D eigenvalue weighted by molar-refractivity contribution is 7.31. The van der Waals surface area contributed by atoms with Crippen molar-refractivity contribution in [1.29, 1.82) is 0 Å². The quantitative estimate of drug-likeness (QED) is 0.160. The SMILES string of the molecule is CCCCCCCc1csc(-c2nc3sc(-c4cc(CCCCCCC)cs4)nc3s2)c1. The van der Waals surface area contributed by atoms with Crippen LogP contribution in [0.3, 0.4) is 0 Å². The first-order valence-electron chi connectivity index (χ1n) is 12.2. The summed E-state index contributed by atoms with van der Waals surface area (Å²) in [4.78, 5) is 14.6. The number of aromatic nitrogens is 2. The lowest BCUT2D eigenvalue weighted by Gasteiger charge is -1.98. The van der Waals surface area contributed by atoms with Crippen molar-refractivity contribution in [3.05, 3.63) is 34.0 Å². The van der Waals surface area contributed by atoms with Gasteiger partial charge >= 0.3 is 0 Å². The van der Waals surface area contributed by atoms with Crippen LogP contribution < -0.4 is 0 Å². The lowest BCUT2D eigenvalue weighted by molar-refractivity contribution is 0.633. The van der Waals surface area contributed by atoms with Crippen molar-refractivity contribution in [2.45, 2.75) is 90.9 Å². The summed E-state index contributed by atoms with van der Waals surface area (Å²) in [7, 11) is 0. The Morgan fingerprint density at radius 3 is 1.47 bits per heavy atom. The van der Waals surface area contributed by atoms with Crippen LogP contribution in [0, 0.1) is 0 Å². The van der Waals surface area contributed by atoms with E-state index in [9.17, 15) is 0 Å². The number of hydrogen-bond donors (Lipinski definition) is 0. The Morgan fingerprint density at radius 1 is 0.594 bits per heavy atom. The summed E-state index contributed by atoms with van der Waals surface area (Å²) >= 11 is 7.16. The molecular formula is C26H34N2S4. The van der Waals surface area contributed by atoms with Gasteiger partial charge in [-0.15, -0.1) is 22.7 Å². The molecule has 0 saturated carbocycles. The van der Waals surface area contributed by atoms with Crippen LogP contribution in [0.1, 0.15) is 89.2 Å². The van der Waals surface area contributed by atoms with Crippen LogP contribution in [-0.2, 0) is 12.8 Å². The van der Waals surface area contributed by atoms with Crippen LogP contribution in [0.25, 0.3) is 29.4 Å². The fraction of sp³-hybridized carbons (Fsp3) is 0.538. The summed E-state index contributed by atoms with van der Waals surface area (Å²) in [5, 5.41) is 6.90. The molecule has 0 aliphatic carbocycles. The first kappa shape index (κ1) is 24.1. The number of rotatable bonds is 14. The van der Waals surface area contributed by atoms with Gasteiger partial charge in [0.15, 0.2) is 9.66 Å². The van der Waals surface area contributed by atoms with Crippen LogP contribution in [0.15, 0.2) is 22.9 Å². The zero-order valence-corrected chi connectivity index (χ0v) is 22.6. The van der Waals surface area contributed by atoms with Crippen LogP contribution in [0.4, 0.5) is 0 Å². The molecule has 0 spiro atoms. The van der Waals surface area contributed by atoms with Crippen LogP contribution >= 0.6 is 45.3 Å². The molecule has 0 unspecified atom stereocenters. The normalized spacial score (nSPS) is 11.7. The molecule has 0 aromatic carbocycles. The van der Waals surface area contributed by atoms with E-state index < -0.39 is 0 Å². The van der Waals surface area contributed by atoms with Gasteiger partial charge in [-0.3, -0.25) is 0 Å². The molecule has 0 atom stereocenters. The molecule has 0 aliphatic rings. The van der Waals surface area contributed by atoms with Gasteiger partial charge in [0.25, 0.3) is 0 Å². The molecule has 4 heterocycles. The van der Waals surface area contributed by atoms with Crippen molar-refractivity contribution in [3.8, 4) is 19.8 Å². The third-order valence-corrected chi connectivity index (χ3v) is 10.2. The zero-order chi connectivity index (χ0) is 22.2. The number of thiazole rings is 2. The van der Waals surface area contributed by atoms with Gasteiger partial charge in [0.05, 0.1) is 9.75 Å². The molecule has 0 fully saturated rings. The van der Waals surface area contributed by atoms with E-state index in [-0.39, 0.29) is 0 Å². The molecule has 0 bridgehead atoms. The van der Waals surface area contributed by atoms with Gasteiger partial charge in [-0.25, -0.2) is 9.97 Å². The smallest absolute Gasteiger partial charge is 0.155 e. The van der Waals surface area contributed by atoms with E-state index >= 15 is 0 Å². The van der Waals surface area contributed by atoms with E-state index in [1.165, 1.54) is 97.9 Å². The Kier molecular flexibility index (Phi) is 9.32. The molecule has 4 aromatic rings. The van der Waals surface area contributed by atoms with Gasteiger partial charge in [0.1, 0.15) is 10.0 Å². The van der Waals surface area contributed by atoms with E-state index in [1.807, 2.05) is 22.7 Å². The highest BCUT2D eigenvalue weighted by atomic mass is 32.1. The number of thiophene rings is 2. The summed E-state index contributed by atoms with van der Waals surface area (Å²) in [6.07, 6.45) is 15.8. The molecule has 0 radical (unpaired) electrons. The predicted molar refractivity (Wildman–Crippen MR) is 147 cm³/mol. The fourth-order valence-electron chi connectivity index (χ4n) is 3.96. The summed E-state index contributed by atoms with van der Waals surface area (Å²) in [5.74, 6) is 0. The number of unbranched alkanes of at least 4 members (excludes halogenated alkanes) is 8. The minimum atomic E-state index is 1.09. The maximum absolute atomic E-state index is 4.94. The van der Waals surface area contributed by atoms with Crippen molar-refractivity contribution in [2.75, 3.05) is 0 Å². The topological polar surface area (TPSA) is 25.8 Å². The van der Waals surface area contributed by atoms with Crippen LogP contribution in [0.2, 0.25) is 0 Å². The summed E-state index contributed by atoms with van der Waals surface area (Å²) < 4.78 is 0. The second-order valence-electron chi connectivity index (χ2n) is 8.62. The monoisotopic (exact) mass is 502 g/mol. The van der Waals surface area contributed by atoms with Gasteiger partial charge in [-0.05, 0) is 59.7 Å². The minimum Gasteiger partial charge on any atom is -0.222 e. The molecule has 2 nitrogen and oxygen atoms in total. The van der Waals surface area contributed by atoms with Crippen molar-refractivity contribution in [1.82, 2.24) is 9.97 Å². The van der Waals surface area contributed by atoms with E-state index in [4.69, 9.17) is 9.97 Å². The molecule has 4 aromatic heterocycles. The average Bonchev–Trinajstić information content (AvgIpc) is 3.56. The second-order valence-corrected chi connectivity index (χ2v) is 12.4. The zero-order valence-electron chi connectivity index (χ0n) is 19.3. The number of hydrogen-bond acceptors (Lipinski definition) is 6. The van der Waals surface area contributed by atoms with E-state index in [1.54, 1.807) is 22.7 Å². The molecule has 0 saturated heterocycles. The van der Waals surface area contributed by atoms with E-state index in [0.29, 0.717) is 0 Å². The third kappa shape index (κ3) is 6.49. The Balaban J connectivity index is 1.34. The van der Waals surface area contributed by atoms with Crippen LogP contribution in [-0.4, -0.2) is 9.97 Å². The fourth-order valence-corrected chi connectivity index (χ4v) is 8.02. The van der Waals surface area contributed by atoms with Crippen molar-refractivity contribution in [2.24, 2.45) is 0 Å². The molecular weight excluding hydrogens is 469 g/mol. The molecule has 0 aliphatic heterocycles. The number of aryl methyl sites for hydroxylation is 2. The third-order valence-electron chi connectivity index (χ3n) is 5.84. The first-order chi connectivity index (χ1) is 15.8. The molecule has 32 heavy (non-hydrogen) atoms. The standard InChI is InChI=1S/C26H34N2S4/c1-3-5-7-9-11-13-19-15-21(29-17-19)23-27-25-26(31-23)28-24(32-25)22-16-20(18-30-22)14-12-10-8-6-4-2/h15-18H,3-14H2,1-2H3. The number of fused-ring (bicyclic) bond motifs is 1. The maximum atomic E-state index is 4.94. The molecule has 172 valence electrons. The van der Waals surface area contributed by atoms with Gasteiger partial charge < -0.3 is 0 Å². The van der Waals surface area contributed by atoms with E-state index in [0.717, 1.165) is 19.7 Å². The van der Waals surface area contributed by atoms with Gasteiger partial charge in [-0.2, -0.15) is 0 Å². The number of nitrogens with zero attached hydrogens (tertiary/aromatic N) is 2. The van der Waals surface area contributed by atoms with Gasteiger partial charge in [0.2, 0.25) is 0 Å². The highest BCUT2D eigenvalue weighted by Gasteiger charge is 2.15. The highest BCUT2D eigenvalue weighted by Crippen LogP contribution is 2.40. The Bertz CT molecular complexity index is 971. The minimum absolute atomic E-state index is 1.09. The Hall–Kier alpha value is -1.08. The maximum Gasteiger partial charge on any atom is 0.155 e. The van der Waals surface area contributed by atoms with Crippen molar-refractivity contribution < 1.29 is 0 Å². The molecule has 6 heteroatoms. The Labute approximate surface area is 208 Å². The van der Waals surface area contributed by atoms with Crippen molar-refractivity contribution >= 4 is 55.0 Å². The summed E-state index contributed by atoms with van der Waals surface area (Å²) in [6, 6.07) is 4.69. The lowest BCUT2D eigenvalue weighted by Crippen LogP contribution is -1.83. The van der Waals surface area contributed by atoms with Crippen LogP contribution in [0.5, 0.6) is 0 Å². The summed E-state index contributed by atoms with van der Waals surface area (Å²) in [6.45, 7) is 4.55. The predicted octanol–water partition coefficient (Wildman–Crippen LogP) is 10.2. The van der Waals surface area contributed by atoms with Crippen molar-refractivity contribution in [3.63, 3.8) is 0 Å². The lowest BCUT2D eigenvalue weighted by atomic mass is 10.1. The largest absolute Gasteiger partial charge is 0.222 e. The molecule has 0 N–H and O–H groups in total. The summed E-state index contributed by atoms with van der Waals surface area (Å²) in [5.41, 5.74) is 2.93. The average molecular weight is 503 g/mol. The van der Waals surface area contributed by atoms with Gasteiger partial charge in [0, 0.05) is 0 Å².